The summed E-state index contributed by atoms with van der Waals surface area (Å²) in [5, 5.41) is 6.34. The van der Waals surface area contributed by atoms with Gasteiger partial charge in [0.15, 0.2) is 15.7 Å². The minimum absolute atomic E-state index is 0.0427. The number of sulfone groups is 1. The molecule has 0 unspecified atom stereocenters. The fraction of sp³-hybridized carbons (Fsp3) is 0.786. The zero-order valence-corrected chi connectivity index (χ0v) is 14.3. The first-order valence-corrected chi connectivity index (χ1v) is 9.43. The molecule has 1 aromatic rings. The molecule has 0 radical (unpaired) electrons. The Labute approximate surface area is 131 Å². The highest BCUT2D eigenvalue weighted by Gasteiger charge is 2.21. The van der Waals surface area contributed by atoms with Crippen molar-refractivity contribution < 1.29 is 17.7 Å². The van der Waals surface area contributed by atoms with Gasteiger partial charge in [0.2, 0.25) is 11.8 Å². The molecule has 0 bridgehead atoms. The lowest BCUT2D eigenvalue weighted by atomic mass is 10.1. The summed E-state index contributed by atoms with van der Waals surface area (Å²) in [6, 6.07) is 0. The van der Waals surface area contributed by atoms with Crippen molar-refractivity contribution in [3.63, 3.8) is 0 Å². The van der Waals surface area contributed by atoms with Gasteiger partial charge in [-0.05, 0) is 18.8 Å². The number of hydrogen-bond donors (Lipinski definition) is 1. The molecule has 0 atom stereocenters. The summed E-state index contributed by atoms with van der Waals surface area (Å²) in [5.41, 5.74) is 0. The molecule has 22 heavy (non-hydrogen) atoms. The number of rotatable bonds is 10. The lowest BCUT2D eigenvalue weighted by Gasteiger charge is -2.07. The average molecular weight is 331 g/mol. The molecular weight excluding hydrogens is 306 g/mol. The van der Waals surface area contributed by atoms with Crippen LogP contribution in [0.25, 0.3) is 0 Å². The Kier molecular flexibility index (Phi) is 7.50. The fourth-order valence-corrected chi connectivity index (χ4v) is 2.87. The molecule has 1 heterocycles. The molecular formula is C14H25N3O4S. The third kappa shape index (κ3) is 7.53. The SMILES string of the molecule is CCCCc1noc(CS(=O)(=O)CC(=O)NCCC(C)C)n1. The van der Waals surface area contributed by atoms with Crippen LogP contribution in [0.3, 0.4) is 0 Å². The Balaban J connectivity index is 2.45. The maximum Gasteiger partial charge on any atom is 0.241 e. The van der Waals surface area contributed by atoms with Crippen molar-refractivity contribution in [1.29, 1.82) is 0 Å². The third-order valence-electron chi connectivity index (χ3n) is 3.00. The van der Waals surface area contributed by atoms with Crippen LogP contribution in [0.4, 0.5) is 0 Å². The van der Waals surface area contributed by atoms with Gasteiger partial charge < -0.3 is 9.84 Å². The number of aryl methyl sites for hydroxylation is 1. The van der Waals surface area contributed by atoms with Crippen LogP contribution in [0, 0.1) is 5.92 Å². The van der Waals surface area contributed by atoms with E-state index in [1.165, 1.54) is 0 Å². The van der Waals surface area contributed by atoms with E-state index in [1.807, 2.05) is 20.8 Å². The van der Waals surface area contributed by atoms with Gasteiger partial charge in [0.05, 0.1) is 0 Å². The van der Waals surface area contributed by atoms with Gasteiger partial charge in [-0.1, -0.05) is 32.3 Å². The zero-order chi connectivity index (χ0) is 16.6. The molecule has 7 nitrogen and oxygen atoms in total. The van der Waals surface area contributed by atoms with Crippen LogP contribution in [-0.2, 0) is 26.8 Å². The molecule has 8 heteroatoms. The summed E-state index contributed by atoms with van der Waals surface area (Å²) >= 11 is 0. The second-order valence-corrected chi connectivity index (χ2v) is 7.84. The summed E-state index contributed by atoms with van der Waals surface area (Å²) in [5.74, 6) is -0.445. The number of carbonyl (C=O) groups is 1. The highest BCUT2D eigenvalue weighted by atomic mass is 32.2. The van der Waals surface area contributed by atoms with Gasteiger partial charge in [-0.3, -0.25) is 4.79 Å². The second-order valence-electron chi connectivity index (χ2n) is 5.77. The molecule has 1 N–H and O–H groups in total. The minimum Gasteiger partial charge on any atom is -0.355 e. The largest absolute Gasteiger partial charge is 0.355 e. The Bertz CT molecular complexity index is 566. The van der Waals surface area contributed by atoms with E-state index < -0.39 is 27.3 Å². The standard InChI is InChI=1S/C14H25N3O4S/c1-4-5-6-12-16-14(21-17-12)10-22(19,20)9-13(18)15-8-7-11(2)3/h11H,4-10H2,1-3H3,(H,15,18). The Morgan fingerprint density at radius 2 is 2.09 bits per heavy atom. The topological polar surface area (TPSA) is 102 Å². The maximum absolute atomic E-state index is 11.9. The molecule has 1 amide bonds. The molecule has 0 aromatic carbocycles. The monoisotopic (exact) mass is 331 g/mol. The van der Waals surface area contributed by atoms with Gasteiger partial charge in [0, 0.05) is 13.0 Å². The molecule has 126 valence electrons. The maximum atomic E-state index is 11.9. The third-order valence-corrected chi connectivity index (χ3v) is 4.39. The van der Waals surface area contributed by atoms with Crippen molar-refractivity contribution in [3.05, 3.63) is 11.7 Å². The van der Waals surface area contributed by atoms with Crippen LogP contribution < -0.4 is 5.32 Å². The minimum atomic E-state index is -3.60. The lowest BCUT2D eigenvalue weighted by molar-refractivity contribution is -0.118. The van der Waals surface area contributed by atoms with E-state index in [1.54, 1.807) is 0 Å². The number of amides is 1. The number of nitrogens with zero attached hydrogens (tertiary/aromatic N) is 2. The van der Waals surface area contributed by atoms with Crippen LogP contribution in [-0.4, -0.2) is 36.8 Å². The quantitative estimate of drug-likeness (QED) is 0.697. The number of aromatic nitrogens is 2. The van der Waals surface area contributed by atoms with Crippen molar-refractivity contribution >= 4 is 15.7 Å². The highest BCUT2D eigenvalue weighted by Crippen LogP contribution is 2.07. The van der Waals surface area contributed by atoms with Gasteiger partial charge in [-0.15, -0.1) is 0 Å². The van der Waals surface area contributed by atoms with Crippen molar-refractivity contribution in [3.8, 4) is 0 Å². The summed E-state index contributed by atoms with van der Waals surface area (Å²) in [4.78, 5) is 15.7. The van der Waals surface area contributed by atoms with Crippen molar-refractivity contribution in [2.75, 3.05) is 12.3 Å². The van der Waals surface area contributed by atoms with Crippen LogP contribution in [0.15, 0.2) is 4.52 Å². The van der Waals surface area contributed by atoms with E-state index in [2.05, 4.69) is 15.5 Å². The summed E-state index contributed by atoms with van der Waals surface area (Å²) in [7, 11) is -3.60. The molecule has 0 aliphatic rings. The Morgan fingerprint density at radius 1 is 1.36 bits per heavy atom. The van der Waals surface area contributed by atoms with E-state index in [0.717, 1.165) is 19.3 Å². The van der Waals surface area contributed by atoms with Crippen molar-refractivity contribution in [2.24, 2.45) is 5.92 Å². The molecule has 0 aliphatic carbocycles. The first kappa shape index (κ1) is 18.6. The summed E-state index contributed by atoms with van der Waals surface area (Å²) in [6.45, 7) is 6.60. The number of carbonyl (C=O) groups excluding carboxylic acids is 1. The van der Waals surface area contributed by atoms with Crippen LogP contribution in [0.2, 0.25) is 0 Å². The van der Waals surface area contributed by atoms with E-state index >= 15 is 0 Å². The predicted octanol–water partition coefficient (Wildman–Crippen LogP) is 1.49. The molecule has 0 spiro atoms. The van der Waals surface area contributed by atoms with Gasteiger partial charge in [-0.25, -0.2) is 8.42 Å². The first-order chi connectivity index (χ1) is 10.3. The molecule has 0 saturated carbocycles. The van der Waals surface area contributed by atoms with Crippen molar-refractivity contribution in [2.45, 2.75) is 52.2 Å². The van der Waals surface area contributed by atoms with Crippen LogP contribution in [0.1, 0.15) is 51.7 Å². The Morgan fingerprint density at radius 3 is 2.73 bits per heavy atom. The molecule has 0 fully saturated rings. The second kappa shape index (κ2) is 8.87. The van der Waals surface area contributed by atoms with E-state index in [4.69, 9.17) is 4.52 Å². The van der Waals surface area contributed by atoms with Gasteiger partial charge in [0.25, 0.3) is 0 Å². The zero-order valence-electron chi connectivity index (χ0n) is 13.5. The van der Waals surface area contributed by atoms with Gasteiger partial charge >= 0.3 is 0 Å². The fourth-order valence-electron chi connectivity index (χ4n) is 1.78. The Hall–Kier alpha value is -1.44. The average Bonchev–Trinajstić information content (AvgIpc) is 2.81. The highest BCUT2D eigenvalue weighted by molar-refractivity contribution is 7.91. The van der Waals surface area contributed by atoms with Crippen LogP contribution in [0.5, 0.6) is 0 Å². The molecule has 0 saturated heterocycles. The normalized spacial score (nSPS) is 11.8. The van der Waals surface area contributed by atoms with Crippen LogP contribution >= 0.6 is 0 Å². The molecule has 0 aliphatic heterocycles. The van der Waals surface area contributed by atoms with Gasteiger partial charge in [-0.2, -0.15) is 4.98 Å². The number of hydrogen-bond acceptors (Lipinski definition) is 6. The van der Waals surface area contributed by atoms with E-state index in [0.29, 0.717) is 24.7 Å². The number of unbranched alkanes of at least 4 members (excludes halogenated alkanes) is 1. The first-order valence-electron chi connectivity index (χ1n) is 7.61. The smallest absolute Gasteiger partial charge is 0.241 e. The van der Waals surface area contributed by atoms with Crippen molar-refractivity contribution in [1.82, 2.24) is 15.5 Å². The molecule has 1 aromatic heterocycles. The predicted molar refractivity (Wildman–Crippen MR) is 82.9 cm³/mol. The lowest BCUT2D eigenvalue weighted by Crippen LogP contribution is -2.32. The van der Waals surface area contributed by atoms with E-state index in [9.17, 15) is 13.2 Å². The summed E-state index contributed by atoms with van der Waals surface area (Å²) in [6.07, 6.45) is 3.40. The summed E-state index contributed by atoms with van der Waals surface area (Å²) < 4.78 is 28.8. The number of nitrogens with one attached hydrogen (secondary N) is 1. The molecule has 1 rings (SSSR count). The van der Waals surface area contributed by atoms with E-state index in [-0.39, 0.29) is 5.89 Å². The van der Waals surface area contributed by atoms with Gasteiger partial charge in [0.1, 0.15) is 11.5 Å².